The van der Waals surface area contributed by atoms with Gasteiger partial charge in [0.25, 0.3) is 0 Å². The topological polar surface area (TPSA) is 58.9 Å². The molecular formula is C12H14N2O. The van der Waals surface area contributed by atoms with E-state index in [2.05, 4.69) is 4.98 Å². The molecule has 0 aliphatic carbocycles. The molecular weight excluding hydrogens is 188 g/mol. The Hall–Kier alpha value is -1.61. The lowest BCUT2D eigenvalue weighted by molar-refractivity contribution is -0.111. The van der Waals surface area contributed by atoms with Crippen LogP contribution in [-0.2, 0) is 11.2 Å². The molecule has 15 heavy (non-hydrogen) atoms. The van der Waals surface area contributed by atoms with E-state index in [1.165, 1.54) is 0 Å². The zero-order chi connectivity index (χ0) is 10.9. The molecule has 78 valence electrons. The number of hydrogen-bond donors (Lipinski definition) is 2. The maximum absolute atomic E-state index is 10.8. The summed E-state index contributed by atoms with van der Waals surface area (Å²) >= 11 is 0. The van der Waals surface area contributed by atoms with Gasteiger partial charge in [-0.3, -0.25) is 0 Å². The monoisotopic (exact) mass is 202 g/mol. The van der Waals surface area contributed by atoms with Crippen LogP contribution < -0.4 is 5.73 Å². The summed E-state index contributed by atoms with van der Waals surface area (Å²) in [6.07, 6.45) is 3.27. The second-order valence-corrected chi connectivity index (χ2v) is 4.16. The van der Waals surface area contributed by atoms with Crippen molar-refractivity contribution < 1.29 is 4.79 Å². The summed E-state index contributed by atoms with van der Waals surface area (Å²) in [4.78, 5) is 13.9. The minimum absolute atomic E-state index is 0.556. The van der Waals surface area contributed by atoms with Gasteiger partial charge in [-0.25, -0.2) is 0 Å². The highest BCUT2D eigenvalue weighted by Gasteiger charge is 2.19. The standard InChI is InChI=1S/C12H14N2O/c1-12(13,8-15)6-9-7-14-11-5-3-2-4-10(9)11/h2-5,7-8,14H,6,13H2,1H3/t12-/m0/s1. The van der Waals surface area contributed by atoms with Crippen molar-refractivity contribution in [3.63, 3.8) is 0 Å². The molecule has 0 saturated heterocycles. The number of hydrogen-bond acceptors (Lipinski definition) is 2. The van der Waals surface area contributed by atoms with Gasteiger partial charge in [-0.2, -0.15) is 0 Å². The van der Waals surface area contributed by atoms with E-state index in [-0.39, 0.29) is 0 Å². The molecule has 2 aromatic rings. The molecule has 3 nitrogen and oxygen atoms in total. The lowest BCUT2D eigenvalue weighted by Gasteiger charge is -2.15. The van der Waals surface area contributed by atoms with E-state index in [4.69, 9.17) is 5.73 Å². The summed E-state index contributed by atoms with van der Waals surface area (Å²) in [5.41, 5.74) is 7.19. The quantitative estimate of drug-likeness (QED) is 0.743. The van der Waals surface area contributed by atoms with Gasteiger partial charge in [0.15, 0.2) is 0 Å². The number of para-hydroxylation sites is 1. The Kier molecular flexibility index (Phi) is 2.32. The maximum atomic E-state index is 10.8. The lowest BCUT2D eigenvalue weighted by Crippen LogP contribution is -2.40. The molecule has 0 aliphatic rings. The Morgan fingerprint density at radius 1 is 1.47 bits per heavy atom. The first-order chi connectivity index (χ1) is 7.12. The molecule has 2 rings (SSSR count). The van der Waals surface area contributed by atoms with Crippen LogP contribution in [0.15, 0.2) is 30.5 Å². The minimum Gasteiger partial charge on any atom is -0.361 e. The number of benzene rings is 1. The minimum atomic E-state index is -0.787. The van der Waals surface area contributed by atoms with Crippen molar-refractivity contribution in [2.75, 3.05) is 0 Å². The van der Waals surface area contributed by atoms with Gasteiger partial charge >= 0.3 is 0 Å². The molecule has 1 heterocycles. The molecule has 1 atom stereocenters. The van der Waals surface area contributed by atoms with E-state index < -0.39 is 5.54 Å². The number of carbonyl (C=O) groups excluding carboxylic acids is 1. The van der Waals surface area contributed by atoms with Crippen molar-refractivity contribution in [1.82, 2.24) is 4.98 Å². The van der Waals surface area contributed by atoms with Crippen LogP contribution in [0, 0.1) is 0 Å². The zero-order valence-corrected chi connectivity index (χ0v) is 8.66. The first kappa shape index (κ1) is 9.93. The van der Waals surface area contributed by atoms with E-state index in [0.29, 0.717) is 6.42 Å². The summed E-state index contributed by atoms with van der Waals surface area (Å²) in [6.45, 7) is 1.74. The maximum Gasteiger partial charge on any atom is 0.139 e. The van der Waals surface area contributed by atoms with E-state index in [1.807, 2.05) is 30.5 Å². The Balaban J connectivity index is 2.41. The lowest BCUT2D eigenvalue weighted by atomic mass is 9.95. The largest absolute Gasteiger partial charge is 0.361 e. The number of nitrogens with two attached hydrogens (primary N) is 1. The fourth-order valence-corrected chi connectivity index (χ4v) is 1.73. The van der Waals surface area contributed by atoms with Gasteiger partial charge < -0.3 is 15.5 Å². The second-order valence-electron chi connectivity index (χ2n) is 4.16. The first-order valence-electron chi connectivity index (χ1n) is 4.92. The van der Waals surface area contributed by atoms with E-state index in [0.717, 1.165) is 22.8 Å². The van der Waals surface area contributed by atoms with Crippen molar-refractivity contribution in [3.05, 3.63) is 36.0 Å². The van der Waals surface area contributed by atoms with Gasteiger partial charge in [0.1, 0.15) is 6.29 Å². The van der Waals surface area contributed by atoms with Crippen molar-refractivity contribution in [3.8, 4) is 0 Å². The molecule has 0 fully saturated rings. The molecule has 0 aliphatic heterocycles. The predicted octanol–water partition coefficient (Wildman–Crippen LogP) is 1.63. The summed E-state index contributed by atoms with van der Waals surface area (Å²) in [5, 5.41) is 1.14. The third-order valence-corrected chi connectivity index (χ3v) is 2.52. The van der Waals surface area contributed by atoms with Crippen LogP contribution in [0.3, 0.4) is 0 Å². The third kappa shape index (κ3) is 1.92. The summed E-state index contributed by atoms with van der Waals surface area (Å²) < 4.78 is 0. The molecule has 1 aromatic heterocycles. The molecule has 3 heteroatoms. The van der Waals surface area contributed by atoms with Crippen LogP contribution in [0.5, 0.6) is 0 Å². The van der Waals surface area contributed by atoms with Crippen LogP contribution in [0.4, 0.5) is 0 Å². The number of aromatic nitrogens is 1. The van der Waals surface area contributed by atoms with Crippen LogP contribution >= 0.6 is 0 Å². The molecule has 0 bridgehead atoms. The average molecular weight is 202 g/mol. The van der Waals surface area contributed by atoms with E-state index in [1.54, 1.807) is 6.92 Å². The van der Waals surface area contributed by atoms with Gasteiger partial charge in [-0.05, 0) is 25.0 Å². The highest BCUT2D eigenvalue weighted by Crippen LogP contribution is 2.20. The molecule has 0 spiro atoms. The number of aldehydes is 1. The van der Waals surface area contributed by atoms with Gasteiger partial charge in [0.2, 0.25) is 0 Å². The molecule has 1 aromatic carbocycles. The summed E-state index contributed by atoms with van der Waals surface area (Å²) in [7, 11) is 0. The molecule has 0 radical (unpaired) electrons. The van der Waals surface area contributed by atoms with Crippen LogP contribution in [0.2, 0.25) is 0 Å². The molecule has 3 N–H and O–H groups in total. The number of H-pyrrole nitrogens is 1. The number of nitrogens with one attached hydrogen (secondary N) is 1. The average Bonchev–Trinajstić information content (AvgIpc) is 2.62. The summed E-state index contributed by atoms with van der Waals surface area (Å²) in [5.74, 6) is 0. The molecule has 0 amide bonds. The highest BCUT2D eigenvalue weighted by molar-refractivity contribution is 5.83. The second kappa shape index (κ2) is 3.51. The zero-order valence-electron chi connectivity index (χ0n) is 8.66. The van der Waals surface area contributed by atoms with Gasteiger partial charge in [-0.15, -0.1) is 0 Å². The summed E-state index contributed by atoms with van der Waals surface area (Å²) in [6, 6.07) is 7.99. The van der Waals surface area contributed by atoms with Crippen molar-refractivity contribution in [2.45, 2.75) is 18.9 Å². The first-order valence-corrected chi connectivity index (χ1v) is 4.92. The van der Waals surface area contributed by atoms with Crippen molar-refractivity contribution in [2.24, 2.45) is 5.73 Å². The van der Waals surface area contributed by atoms with Crippen LogP contribution in [0.25, 0.3) is 10.9 Å². The van der Waals surface area contributed by atoms with Gasteiger partial charge in [-0.1, -0.05) is 18.2 Å². The van der Waals surface area contributed by atoms with Crippen molar-refractivity contribution in [1.29, 1.82) is 0 Å². The number of rotatable bonds is 3. The fraction of sp³-hybridized carbons (Fsp3) is 0.250. The van der Waals surface area contributed by atoms with E-state index >= 15 is 0 Å². The third-order valence-electron chi connectivity index (χ3n) is 2.52. The van der Waals surface area contributed by atoms with Crippen LogP contribution in [0.1, 0.15) is 12.5 Å². The fourth-order valence-electron chi connectivity index (χ4n) is 1.73. The number of fused-ring (bicyclic) bond motifs is 1. The van der Waals surface area contributed by atoms with E-state index in [9.17, 15) is 4.79 Å². The number of carbonyl (C=O) groups is 1. The van der Waals surface area contributed by atoms with Crippen LogP contribution in [-0.4, -0.2) is 16.8 Å². The van der Waals surface area contributed by atoms with Gasteiger partial charge in [0, 0.05) is 17.1 Å². The number of aromatic amines is 1. The SMILES string of the molecule is C[C@@](N)(C=O)Cc1c[nH]c2ccccc12. The smallest absolute Gasteiger partial charge is 0.139 e. The normalized spacial score (nSPS) is 15.1. The highest BCUT2D eigenvalue weighted by atomic mass is 16.1. The predicted molar refractivity (Wildman–Crippen MR) is 60.7 cm³/mol. The van der Waals surface area contributed by atoms with Crippen molar-refractivity contribution >= 4 is 17.2 Å². The Bertz CT molecular complexity index is 485. The van der Waals surface area contributed by atoms with Gasteiger partial charge in [0.05, 0.1) is 5.54 Å². The molecule has 0 unspecified atom stereocenters. The molecule has 0 saturated carbocycles. The Morgan fingerprint density at radius 2 is 2.20 bits per heavy atom. The Morgan fingerprint density at radius 3 is 2.93 bits per heavy atom. The Labute approximate surface area is 88.3 Å².